The molecule has 0 bridgehead atoms. The normalized spacial score (nSPS) is 15.1. The molecule has 0 N–H and O–H groups in total. The number of hydrogen-bond acceptors (Lipinski definition) is 7. The van der Waals surface area contributed by atoms with Crippen LogP contribution in [0.1, 0.15) is 34.2 Å². The molecular weight excluding hydrogens is 378 g/mol. The first-order valence-electron chi connectivity index (χ1n) is 9.23. The Morgan fingerprint density at radius 3 is 2.67 bits per heavy atom. The summed E-state index contributed by atoms with van der Waals surface area (Å²) in [6, 6.07) is 3.90. The number of anilines is 1. The van der Waals surface area contributed by atoms with E-state index in [9.17, 15) is 4.79 Å². The second kappa shape index (κ2) is 7.52. The first-order valence-corrected chi connectivity index (χ1v) is 10.9. The molecule has 8 heteroatoms. The lowest BCUT2D eigenvalue weighted by molar-refractivity contribution is 0.0750. The summed E-state index contributed by atoms with van der Waals surface area (Å²) in [6.45, 7) is 9.30. The molecule has 0 spiro atoms. The Hall–Kier alpha value is -2.06. The number of carbonyl (C=O) groups excluding carboxylic acids is 1. The molecule has 3 aromatic heterocycles. The molecule has 4 rings (SSSR count). The number of nitrogens with zero attached hydrogens (tertiary/aromatic N) is 5. The average molecular weight is 402 g/mol. The average Bonchev–Trinajstić information content (AvgIpc) is 3.24. The van der Waals surface area contributed by atoms with Gasteiger partial charge in [0.2, 0.25) is 0 Å². The lowest BCUT2D eigenvalue weighted by atomic mass is 10.1. The van der Waals surface area contributed by atoms with Crippen molar-refractivity contribution in [3.8, 4) is 0 Å². The highest BCUT2D eigenvalue weighted by atomic mass is 32.1. The van der Waals surface area contributed by atoms with Crippen molar-refractivity contribution < 1.29 is 4.79 Å². The number of hydrogen-bond donors (Lipinski definition) is 0. The maximum absolute atomic E-state index is 13.0. The highest BCUT2D eigenvalue weighted by Crippen LogP contribution is 2.28. The molecule has 4 heterocycles. The third-order valence-corrected chi connectivity index (χ3v) is 6.82. The zero-order valence-corrected chi connectivity index (χ0v) is 17.4. The molecular formula is C19H23N5OS2. The van der Waals surface area contributed by atoms with E-state index in [0.717, 1.165) is 50.6 Å². The van der Waals surface area contributed by atoms with Gasteiger partial charge < -0.3 is 9.80 Å². The minimum absolute atomic E-state index is 0.116. The fraction of sp³-hybridized carbons (Fsp3) is 0.474. The topological polar surface area (TPSA) is 62.2 Å². The molecule has 3 aromatic rings. The van der Waals surface area contributed by atoms with Crippen LogP contribution in [0.3, 0.4) is 0 Å². The van der Waals surface area contributed by atoms with Gasteiger partial charge in [0.25, 0.3) is 5.91 Å². The number of thiazole rings is 2. The van der Waals surface area contributed by atoms with Gasteiger partial charge in [0.15, 0.2) is 5.13 Å². The van der Waals surface area contributed by atoms with Crippen LogP contribution in [0.5, 0.6) is 0 Å². The van der Waals surface area contributed by atoms with Gasteiger partial charge in [-0.2, -0.15) is 0 Å². The van der Waals surface area contributed by atoms with Crippen LogP contribution in [0.2, 0.25) is 0 Å². The Morgan fingerprint density at radius 2 is 1.96 bits per heavy atom. The minimum atomic E-state index is 0.116. The van der Waals surface area contributed by atoms with E-state index in [1.807, 2.05) is 24.0 Å². The molecule has 6 nitrogen and oxygen atoms in total. The molecule has 1 amide bonds. The quantitative estimate of drug-likeness (QED) is 0.668. The maximum atomic E-state index is 13.0. The van der Waals surface area contributed by atoms with Crippen LogP contribution in [0.25, 0.3) is 10.3 Å². The van der Waals surface area contributed by atoms with Crippen LogP contribution in [-0.4, -0.2) is 51.9 Å². The Morgan fingerprint density at radius 1 is 1.19 bits per heavy atom. The molecule has 1 aliphatic heterocycles. The number of rotatable bonds is 4. The second-order valence-electron chi connectivity index (χ2n) is 7.22. The highest BCUT2D eigenvalue weighted by Gasteiger charge is 2.26. The number of aryl methyl sites for hydroxylation is 1. The zero-order chi connectivity index (χ0) is 19.0. The Balaban J connectivity index is 1.43. The first-order chi connectivity index (χ1) is 13.0. The van der Waals surface area contributed by atoms with Crippen molar-refractivity contribution in [2.45, 2.75) is 27.2 Å². The first kappa shape index (κ1) is 18.3. The number of fused-ring (bicyclic) bond motifs is 1. The Bertz CT molecular complexity index is 923. The monoisotopic (exact) mass is 401 g/mol. The van der Waals surface area contributed by atoms with E-state index >= 15 is 0 Å². The molecule has 0 unspecified atom stereocenters. The van der Waals surface area contributed by atoms with Crippen LogP contribution in [-0.2, 0) is 6.42 Å². The van der Waals surface area contributed by atoms with Crippen LogP contribution < -0.4 is 4.90 Å². The van der Waals surface area contributed by atoms with E-state index in [2.05, 4.69) is 33.7 Å². The van der Waals surface area contributed by atoms with E-state index in [1.165, 1.54) is 0 Å². The number of pyridine rings is 1. The van der Waals surface area contributed by atoms with Gasteiger partial charge >= 0.3 is 0 Å². The molecule has 0 radical (unpaired) electrons. The van der Waals surface area contributed by atoms with Gasteiger partial charge in [-0.15, -0.1) is 11.3 Å². The smallest absolute Gasteiger partial charge is 0.265 e. The summed E-state index contributed by atoms with van der Waals surface area (Å²) >= 11 is 3.17. The van der Waals surface area contributed by atoms with Gasteiger partial charge in [-0.25, -0.2) is 15.0 Å². The predicted octanol–water partition coefficient (Wildman–Crippen LogP) is 3.62. The fourth-order valence-electron chi connectivity index (χ4n) is 3.23. The summed E-state index contributed by atoms with van der Waals surface area (Å²) in [4.78, 5) is 32.6. The third kappa shape index (κ3) is 3.82. The van der Waals surface area contributed by atoms with E-state index in [1.54, 1.807) is 28.9 Å². The molecule has 142 valence electrons. The van der Waals surface area contributed by atoms with Crippen LogP contribution in [0.15, 0.2) is 18.3 Å². The molecule has 1 aliphatic rings. The number of aromatic nitrogens is 3. The number of piperazine rings is 1. The fourth-order valence-corrected chi connectivity index (χ4v) is 5.43. The lowest BCUT2D eigenvalue weighted by Gasteiger charge is -2.34. The van der Waals surface area contributed by atoms with Crippen LogP contribution in [0.4, 0.5) is 5.13 Å². The third-order valence-electron chi connectivity index (χ3n) is 4.61. The number of amides is 1. The molecule has 27 heavy (non-hydrogen) atoms. The Kier molecular flexibility index (Phi) is 5.10. The van der Waals surface area contributed by atoms with Crippen molar-refractivity contribution in [1.29, 1.82) is 0 Å². The molecule has 1 fully saturated rings. The summed E-state index contributed by atoms with van der Waals surface area (Å²) in [5.74, 6) is 0.663. The van der Waals surface area contributed by atoms with E-state index in [4.69, 9.17) is 0 Å². The van der Waals surface area contributed by atoms with Crippen molar-refractivity contribution in [2.24, 2.45) is 5.92 Å². The molecule has 0 atom stereocenters. The van der Waals surface area contributed by atoms with Gasteiger partial charge in [0.05, 0.1) is 10.7 Å². The molecule has 0 aromatic carbocycles. The van der Waals surface area contributed by atoms with Gasteiger partial charge in [-0.05, 0) is 25.0 Å². The lowest BCUT2D eigenvalue weighted by Crippen LogP contribution is -2.48. The van der Waals surface area contributed by atoms with Gasteiger partial charge in [-0.1, -0.05) is 25.2 Å². The largest absolute Gasteiger partial charge is 0.344 e. The van der Waals surface area contributed by atoms with Gasteiger partial charge in [-0.3, -0.25) is 4.79 Å². The maximum Gasteiger partial charge on any atom is 0.265 e. The zero-order valence-electron chi connectivity index (χ0n) is 15.8. The predicted molar refractivity (Wildman–Crippen MR) is 111 cm³/mol. The summed E-state index contributed by atoms with van der Waals surface area (Å²) in [6.07, 6.45) is 2.73. The van der Waals surface area contributed by atoms with Gasteiger partial charge in [0, 0.05) is 38.8 Å². The van der Waals surface area contributed by atoms with Crippen molar-refractivity contribution in [3.63, 3.8) is 0 Å². The van der Waals surface area contributed by atoms with Crippen molar-refractivity contribution in [1.82, 2.24) is 19.9 Å². The van der Waals surface area contributed by atoms with Gasteiger partial charge in [0.1, 0.15) is 15.2 Å². The summed E-state index contributed by atoms with van der Waals surface area (Å²) in [5.41, 5.74) is 1.80. The Labute approximate surface area is 166 Å². The second-order valence-corrected chi connectivity index (χ2v) is 9.26. The highest BCUT2D eigenvalue weighted by molar-refractivity contribution is 7.21. The van der Waals surface area contributed by atoms with Crippen molar-refractivity contribution in [3.05, 3.63) is 33.9 Å². The molecule has 1 saturated heterocycles. The SMILES string of the molecule is Cc1nc(CC(C)C)sc1C(=O)N1CCN(c2nc3cccnc3s2)CC1. The van der Waals surface area contributed by atoms with E-state index in [0.29, 0.717) is 19.0 Å². The molecule has 0 aliphatic carbocycles. The minimum Gasteiger partial charge on any atom is -0.344 e. The number of carbonyl (C=O) groups is 1. The standard InChI is InChI=1S/C19H23N5OS2/c1-12(2)11-15-21-13(3)16(26-15)18(25)23-7-9-24(10-8-23)19-22-14-5-4-6-20-17(14)27-19/h4-6,12H,7-11H2,1-3H3. The van der Waals surface area contributed by atoms with Crippen LogP contribution >= 0.6 is 22.7 Å². The van der Waals surface area contributed by atoms with Crippen molar-refractivity contribution >= 4 is 44.1 Å². The van der Waals surface area contributed by atoms with Crippen molar-refractivity contribution in [2.75, 3.05) is 31.1 Å². The van der Waals surface area contributed by atoms with E-state index < -0.39 is 0 Å². The summed E-state index contributed by atoms with van der Waals surface area (Å²) in [5, 5.41) is 2.05. The van der Waals surface area contributed by atoms with E-state index in [-0.39, 0.29) is 5.91 Å². The molecule has 0 saturated carbocycles. The summed E-state index contributed by atoms with van der Waals surface area (Å²) in [7, 11) is 0. The summed E-state index contributed by atoms with van der Waals surface area (Å²) < 4.78 is 0. The van der Waals surface area contributed by atoms with Crippen LogP contribution in [0, 0.1) is 12.8 Å².